The average molecular weight is 487 g/mol. The van der Waals surface area contributed by atoms with Gasteiger partial charge in [0.2, 0.25) is 11.8 Å². The summed E-state index contributed by atoms with van der Waals surface area (Å²) >= 11 is 6.01. The Morgan fingerprint density at radius 1 is 1.06 bits per heavy atom. The molecule has 2 amide bonds. The SMILES string of the molecule is COc1cc([C@H](C(=O)NC2CCCCC2)N(Cc2ccccc2)C(=O)CCl)ccc1OC(C)C. The van der Waals surface area contributed by atoms with Gasteiger partial charge in [0.1, 0.15) is 11.9 Å². The second-order valence-corrected chi connectivity index (χ2v) is 9.23. The van der Waals surface area contributed by atoms with Gasteiger partial charge in [0.25, 0.3) is 0 Å². The number of nitrogens with one attached hydrogen (secondary N) is 1. The van der Waals surface area contributed by atoms with Gasteiger partial charge < -0.3 is 19.7 Å². The second-order valence-electron chi connectivity index (χ2n) is 8.96. The summed E-state index contributed by atoms with van der Waals surface area (Å²) in [7, 11) is 1.56. The first kappa shape index (κ1) is 25.9. The molecule has 1 fully saturated rings. The van der Waals surface area contributed by atoms with Gasteiger partial charge in [-0.05, 0) is 49.9 Å². The first-order valence-electron chi connectivity index (χ1n) is 12.0. The number of nitrogens with zero attached hydrogens (tertiary/aromatic N) is 1. The molecule has 0 bridgehead atoms. The number of hydrogen-bond donors (Lipinski definition) is 1. The molecule has 1 aliphatic rings. The van der Waals surface area contributed by atoms with E-state index in [4.69, 9.17) is 21.1 Å². The molecule has 0 unspecified atom stereocenters. The number of methoxy groups -OCH3 is 1. The molecule has 34 heavy (non-hydrogen) atoms. The highest BCUT2D eigenvalue weighted by Crippen LogP contribution is 2.34. The molecule has 0 saturated heterocycles. The highest BCUT2D eigenvalue weighted by molar-refractivity contribution is 6.27. The van der Waals surface area contributed by atoms with Crippen molar-refractivity contribution in [3.05, 3.63) is 59.7 Å². The lowest BCUT2D eigenvalue weighted by Crippen LogP contribution is -2.47. The quantitative estimate of drug-likeness (QED) is 0.466. The molecule has 1 saturated carbocycles. The van der Waals surface area contributed by atoms with E-state index in [1.165, 1.54) is 6.42 Å². The first-order valence-corrected chi connectivity index (χ1v) is 12.5. The second kappa shape index (κ2) is 12.7. The van der Waals surface area contributed by atoms with Gasteiger partial charge in [0, 0.05) is 12.6 Å². The van der Waals surface area contributed by atoms with Crippen LogP contribution in [0.1, 0.15) is 63.1 Å². The molecule has 184 valence electrons. The predicted molar refractivity (Wildman–Crippen MR) is 134 cm³/mol. The van der Waals surface area contributed by atoms with E-state index in [2.05, 4.69) is 5.32 Å². The number of alkyl halides is 1. The number of ether oxygens (including phenoxy) is 2. The summed E-state index contributed by atoms with van der Waals surface area (Å²) in [5, 5.41) is 3.20. The number of carbonyl (C=O) groups excluding carboxylic acids is 2. The van der Waals surface area contributed by atoms with Crippen molar-refractivity contribution in [2.75, 3.05) is 13.0 Å². The van der Waals surface area contributed by atoms with Crippen LogP contribution in [0.25, 0.3) is 0 Å². The van der Waals surface area contributed by atoms with Crippen molar-refractivity contribution in [1.82, 2.24) is 10.2 Å². The molecule has 2 aromatic rings. The fraction of sp³-hybridized carbons (Fsp3) is 0.481. The zero-order valence-corrected chi connectivity index (χ0v) is 21.0. The van der Waals surface area contributed by atoms with E-state index >= 15 is 0 Å². The van der Waals surface area contributed by atoms with Crippen molar-refractivity contribution in [2.45, 2.75) is 70.7 Å². The third kappa shape index (κ3) is 6.89. The van der Waals surface area contributed by atoms with Crippen molar-refractivity contribution >= 4 is 23.4 Å². The van der Waals surface area contributed by atoms with E-state index in [1.807, 2.05) is 50.2 Å². The zero-order valence-electron chi connectivity index (χ0n) is 20.3. The summed E-state index contributed by atoms with van der Waals surface area (Å²) < 4.78 is 11.4. The first-order chi connectivity index (χ1) is 16.4. The molecule has 1 aliphatic carbocycles. The zero-order chi connectivity index (χ0) is 24.5. The van der Waals surface area contributed by atoms with Crippen LogP contribution in [0.15, 0.2) is 48.5 Å². The van der Waals surface area contributed by atoms with Gasteiger partial charge in [0.05, 0.1) is 13.2 Å². The maximum Gasteiger partial charge on any atom is 0.247 e. The van der Waals surface area contributed by atoms with Crippen molar-refractivity contribution in [1.29, 1.82) is 0 Å². The molecule has 6 nitrogen and oxygen atoms in total. The Balaban J connectivity index is 2.00. The monoisotopic (exact) mass is 486 g/mol. The maximum atomic E-state index is 13.7. The van der Waals surface area contributed by atoms with E-state index < -0.39 is 6.04 Å². The summed E-state index contributed by atoms with van der Waals surface area (Å²) in [4.78, 5) is 28.3. The minimum Gasteiger partial charge on any atom is -0.493 e. The summed E-state index contributed by atoms with van der Waals surface area (Å²) in [6, 6.07) is 14.3. The predicted octanol–water partition coefficient (Wildman–Crippen LogP) is 5.24. The maximum absolute atomic E-state index is 13.7. The lowest BCUT2D eigenvalue weighted by atomic mass is 9.94. The molecular weight excluding hydrogens is 452 g/mol. The third-order valence-corrected chi connectivity index (χ3v) is 6.24. The molecule has 0 radical (unpaired) electrons. The average Bonchev–Trinajstić information content (AvgIpc) is 2.84. The summed E-state index contributed by atoms with van der Waals surface area (Å²) in [5.74, 6) is 0.369. The Labute approximate surface area is 207 Å². The lowest BCUT2D eigenvalue weighted by Gasteiger charge is -2.33. The number of halogens is 1. The number of benzene rings is 2. The Morgan fingerprint density at radius 2 is 1.76 bits per heavy atom. The van der Waals surface area contributed by atoms with E-state index in [9.17, 15) is 9.59 Å². The van der Waals surface area contributed by atoms with Crippen LogP contribution in [0.3, 0.4) is 0 Å². The van der Waals surface area contributed by atoms with Gasteiger partial charge in [-0.25, -0.2) is 0 Å². The molecule has 0 aromatic heterocycles. The fourth-order valence-electron chi connectivity index (χ4n) is 4.39. The highest BCUT2D eigenvalue weighted by atomic mass is 35.5. The van der Waals surface area contributed by atoms with Crippen LogP contribution in [0.4, 0.5) is 0 Å². The van der Waals surface area contributed by atoms with Crippen LogP contribution < -0.4 is 14.8 Å². The molecule has 7 heteroatoms. The normalized spacial score (nSPS) is 15.0. The number of hydrogen-bond acceptors (Lipinski definition) is 4. The van der Waals surface area contributed by atoms with Gasteiger partial charge in [0.15, 0.2) is 11.5 Å². The summed E-state index contributed by atoms with van der Waals surface area (Å²) in [6.07, 6.45) is 5.25. The van der Waals surface area contributed by atoms with Crippen LogP contribution in [0.2, 0.25) is 0 Å². The Bertz CT molecular complexity index is 945. The smallest absolute Gasteiger partial charge is 0.247 e. The molecular formula is C27H35ClN2O4. The fourth-order valence-corrected chi connectivity index (χ4v) is 4.54. The van der Waals surface area contributed by atoms with Crippen LogP contribution in [0, 0.1) is 0 Å². The Morgan fingerprint density at radius 3 is 2.38 bits per heavy atom. The topological polar surface area (TPSA) is 67.9 Å². The molecule has 1 N–H and O–H groups in total. The minimum absolute atomic E-state index is 0.0300. The molecule has 2 aromatic carbocycles. The number of rotatable bonds is 10. The molecule has 3 rings (SSSR count). The van der Waals surface area contributed by atoms with Crippen molar-refractivity contribution in [3.8, 4) is 11.5 Å². The van der Waals surface area contributed by atoms with Crippen LogP contribution in [-0.2, 0) is 16.1 Å². The van der Waals surface area contributed by atoms with Crippen molar-refractivity contribution in [3.63, 3.8) is 0 Å². The van der Waals surface area contributed by atoms with Gasteiger partial charge in [-0.3, -0.25) is 9.59 Å². The van der Waals surface area contributed by atoms with Gasteiger partial charge in [-0.15, -0.1) is 11.6 Å². The summed E-state index contributed by atoms with van der Waals surface area (Å²) in [6.45, 7) is 4.14. The Hall–Kier alpha value is -2.73. The van der Waals surface area contributed by atoms with E-state index in [0.29, 0.717) is 17.1 Å². The van der Waals surface area contributed by atoms with Crippen molar-refractivity contribution < 1.29 is 19.1 Å². The van der Waals surface area contributed by atoms with Crippen LogP contribution in [-0.4, -0.2) is 41.8 Å². The van der Waals surface area contributed by atoms with Crippen LogP contribution >= 0.6 is 11.6 Å². The van der Waals surface area contributed by atoms with Crippen molar-refractivity contribution in [2.24, 2.45) is 0 Å². The molecule has 0 aliphatic heterocycles. The number of amides is 2. The van der Waals surface area contributed by atoms with Gasteiger partial charge in [-0.1, -0.05) is 55.7 Å². The molecule has 0 spiro atoms. The lowest BCUT2D eigenvalue weighted by molar-refractivity contribution is -0.140. The van der Waals surface area contributed by atoms with E-state index in [0.717, 1.165) is 31.2 Å². The summed E-state index contributed by atoms with van der Waals surface area (Å²) in [5.41, 5.74) is 1.57. The molecule has 0 heterocycles. The highest BCUT2D eigenvalue weighted by Gasteiger charge is 2.33. The van der Waals surface area contributed by atoms with E-state index in [-0.39, 0.29) is 36.4 Å². The minimum atomic E-state index is -0.851. The van der Waals surface area contributed by atoms with E-state index in [1.54, 1.807) is 24.1 Å². The largest absolute Gasteiger partial charge is 0.493 e. The third-order valence-electron chi connectivity index (χ3n) is 6.01. The van der Waals surface area contributed by atoms with Gasteiger partial charge in [-0.2, -0.15) is 0 Å². The Kier molecular flexibility index (Phi) is 9.63. The number of carbonyl (C=O) groups is 2. The molecule has 1 atom stereocenters. The van der Waals surface area contributed by atoms with Gasteiger partial charge >= 0.3 is 0 Å². The standard InChI is InChI=1S/C27H35ClN2O4/c1-19(2)34-23-15-14-21(16-24(23)33-3)26(27(32)29-22-12-8-5-9-13-22)30(25(31)17-28)18-20-10-6-4-7-11-20/h4,6-7,10-11,14-16,19,22,26H,5,8-9,12-13,17-18H2,1-3H3,(H,29,32)/t26-/m1/s1. The van der Waals surface area contributed by atoms with Crippen LogP contribution in [0.5, 0.6) is 11.5 Å².